The Morgan fingerprint density at radius 2 is 1.72 bits per heavy atom. The highest BCUT2D eigenvalue weighted by atomic mass is 32.2. The molecule has 3 rings (SSSR count). The topological polar surface area (TPSA) is 38.1 Å². The van der Waals surface area contributed by atoms with E-state index in [4.69, 9.17) is 12.2 Å². The Hall–Kier alpha value is -1.96. The van der Waals surface area contributed by atoms with Crippen LogP contribution in [0.3, 0.4) is 0 Å². The van der Waals surface area contributed by atoms with Gasteiger partial charge < -0.3 is 4.90 Å². The van der Waals surface area contributed by atoms with E-state index in [1.165, 1.54) is 23.1 Å². The van der Waals surface area contributed by atoms with Crippen molar-refractivity contribution >= 4 is 41.2 Å². The van der Waals surface area contributed by atoms with E-state index in [1.54, 1.807) is 23.7 Å². The molecule has 0 N–H and O–H groups in total. The van der Waals surface area contributed by atoms with Crippen LogP contribution in [0.5, 0.6) is 0 Å². The van der Waals surface area contributed by atoms with Crippen LogP contribution in [0.2, 0.25) is 0 Å². The summed E-state index contributed by atoms with van der Waals surface area (Å²) < 4.78 is 3.18. The maximum absolute atomic E-state index is 12.7. The van der Waals surface area contributed by atoms with Crippen LogP contribution in [0.1, 0.15) is 10.8 Å². The molecule has 0 aliphatic rings. The van der Waals surface area contributed by atoms with Crippen molar-refractivity contribution in [3.8, 4) is 5.69 Å². The third-order valence-electron chi connectivity index (χ3n) is 3.52. The smallest absolute Gasteiger partial charge is 0.240 e. The van der Waals surface area contributed by atoms with E-state index in [1.807, 2.05) is 60.7 Å². The van der Waals surface area contributed by atoms with Gasteiger partial charge in [0.1, 0.15) is 5.25 Å². The molecule has 128 valence electrons. The van der Waals surface area contributed by atoms with Crippen LogP contribution in [0, 0.1) is 3.95 Å². The fraction of sp³-hybridized carbons (Fsp3) is 0.167. The van der Waals surface area contributed by atoms with Crippen LogP contribution >= 0.6 is 35.3 Å². The number of aromatic nitrogens is 2. The van der Waals surface area contributed by atoms with Gasteiger partial charge in [-0.15, -0.1) is 5.10 Å². The zero-order valence-electron chi connectivity index (χ0n) is 13.8. The molecule has 2 aromatic carbocycles. The second kappa shape index (κ2) is 7.95. The van der Waals surface area contributed by atoms with Gasteiger partial charge >= 0.3 is 0 Å². The first kappa shape index (κ1) is 17.8. The number of nitrogens with zero attached hydrogens (tertiary/aromatic N) is 3. The summed E-state index contributed by atoms with van der Waals surface area (Å²) >= 11 is 8.31. The number of amides is 1. The fourth-order valence-corrected chi connectivity index (χ4v) is 4.96. The first-order valence-electron chi connectivity index (χ1n) is 7.64. The molecule has 3 aromatic rings. The molecule has 0 unspecified atom stereocenters. The number of carbonyl (C=O) groups is 1. The lowest BCUT2D eigenvalue weighted by Crippen LogP contribution is -2.26. The van der Waals surface area contributed by atoms with Crippen LogP contribution < -0.4 is 0 Å². The minimum absolute atomic E-state index is 0.0311. The summed E-state index contributed by atoms with van der Waals surface area (Å²) in [6.45, 7) is 0. The van der Waals surface area contributed by atoms with Crippen molar-refractivity contribution in [1.82, 2.24) is 14.7 Å². The number of para-hydroxylation sites is 1. The van der Waals surface area contributed by atoms with Gasteiger partial charge in [-0.3, -0.25) is 4.79 Å². The maximum Gasteiger partial charge on any atom is 0.240 e. The molecule has 25 heavy (non-hydrogen) atoms. The summed E-state index contributed by atoms with van der Waals surface area (Å²) in [5.41, 5.74) is 1.88. The Morgan fingerprint density at radius 1 is 1.12 bits per heavy atom. The van der Waals surface area contributed by atoms with Gasteiger partial charge in [0.25, 0.3) is 0 Å². The molecule has 0 fully saturated rings. The van der Waals surface area contributed by atoms with E-state index < -0.39 is 0 Å². The number of benzene rings is 2. The standard InChI is InChI=1S/C18H17N3OS3/c1-20(2)16(22)15(13-9-5-3-6-10-13)24-17-19-21(18(23)25-17)14-11-7-4-8-12-14/h3-12,15H,1-2H3/t15-/m0/s1. The average Bonchev–Trinajstić information content (AvgIpc) is 3.01. The Kier molecular flexibility index (Phi) is 5.67. The normalized spacial score (nSPS) is 11.9. The Labute approximate surface area is 160 Å². The van der Waals surface area contributed by atoms with Gasteiger partial charge in [0.05, 0.1) is 5.69 Å². The van der Waals surface area contributed by atoms with Gasteiger partial charge in [-0.25, -0.2) is 4.68 Å². The summed E-state index contributed by atoms with van der Waals surface area (Å²) in [4.78, 5) is 14.3. The second-order valence-electron chi connectivity index (χ2n) is 5.52. The monoisotopic (exact) mass is 387 g/mol. The van der Waals surface area contributed by atoms with Gasteiger partial charge in [-0.1, -0.05) is 71.6 Å². The predicted molar refractivity (Wildman–Crippen MR) is 106 cm³/mol. The van der Waals surface area contributed by atoms with Crippen LogP contribution in [0.15, 0.2) is 65.0 Å². The fourth-order valence-electron chi connectivity index (χ4n) is 2.26. The molecule has 0 radical (unpaired) electrons. The number of likely N-dealkylation sites (N-methyl/N-ethyl adjacent to an activating group) is 1. The van der Waals surface area contributed by atoms with Crippen molar-refractivity contribution in [2.45, 2.75) is 9.59 Å². The molecule has 1 heterocycles. The minimum Gasteiger partial charge on any atom is -0.348 e. The first-order chi connectivity index (χ1) is 12.1. The lowest BCUT2D eigenvalue weighted by atomic mass is 10.1. The molecule has 1 amide bonds. The van der Waals surface area contributed by atoms with Crippen LogP contribution in [-0.4, -0.2) is 34.7 Å². The number of rotatable bonds is 5. The van der Waals surface area contributed by atoms with Crippen molar-refractivity contribution in [1.29, 1.82) is 0 Å². The van der Waals surface area contributed by atoms with E-state index in [0.29, 0.717) is 3.95 Å². The molecule has 0 saturated carbocycles. The highest BCUT2D eigenvalue weighted by Gasteiger charge is 2.25. The molecular weight excluding hydrogens is 370 g/mol. The summed E-state index contributed by atoms with van der Waals surface area (Å²) in [6, 6.07) is 19.5. The van der Waals surface area contributed by atoms with E-state index in [-0.39, 0.29) is 11.2 Å². The van der Waals surface area contributed by atoms with Crippen LogP contribution in [0.4, 0.5) is 0 Å². The van der Waals surface area contributed by atoms with Gasteiger partial charge in [0.15, 0.2) is 8.29 Å². The maximum atomic E-state index is 12.7. The van der Waals surface area contributed by atoms with Crippen molar-refractivity contribution in [3.05, 3.63) is 70.2 Å². The van der Waals surface area contributed by atoms with Gasteiger partial charge in [-0.05, 0) is 29.9 Å². The summed E-state index contributed by atoms with van der Waals surface area (Å²) in [7, 11) is 3.53. The lowest BCUT2D eigenvalue weighted by Gasteiger charge is -2.19. The largest absolute Gasteiger partial charge is 0.348 e. The zero-order chi connectivity index (χ0) is 17.8. The zero-order valence-corrected chi connectivity index (χ0v) is 16.3. The molecule has 1 aromatic heterocycles. The average molecular weight is 388 g/mol. The Bertz CT molecular complexity index is 904. The molecule has 0 aliphatic carbocycles. The lowest BCUT2D eigenvalue weighted by molar-refractivity contribution is -0.128. The molecule has 7 heteroatoms. The molecule has 0 aliphatic heterocycles. The highest BCUT2D eigenvalue weighted by molar-refractivity contribution is 8.02. The van der Waals surface area contributed by atoms with Gasteiger partial charge in [0, 0.05) is 14.1 Å². The predicted octanol–water partition coefficient (Wildman–Crippen LogP) is 4.58. The molecule has 0 spiro atoms. The second-order valence-corrected chi connectivity index (χ2v) is 8.50. The molecule has 4 nitrogen and oxygen atoms in total. The SMILES string of the molecule is CN(C)C(=O)[C@@H](Sc1nn(-c2ccccc2)c(=S)s1)c1ccccc1. The van der Waals surface area contributed by atoms with Crippen LogP contribution in [-0.2, 0) is 4.79 Å². The quantitative estimate of drug-likeness (QED) is 0.474. The van der Waals surface area contributed by atoms with Crippen molar-refractivity contribution < 1.29 is 4.79 Å². The van der Waals surface area contributed by atoms with E-state index in [0.717, 1.165) is 15.6 Å². The Balaban J connectivity index is 1.93. The van der Waals surface area contributed by atoms with Gasteiger partial charge in [-0.2, -0.15) is 0 Å². The molecule has 1 atom stereocenters. The molecule has 0 saturated heterocycles. The summed E-state index contributed by atoms with van der Waals surface area (Å²) in [6.07, 6.45) is 0. The number of thioether (sulfide) groups is 1. The number of hydrogen-bond donors (Lipinski definition) is 0. The van der Waals surface area contributed by atoms with Crippen LogP contribution in [0.25, 0.3) is 5.69 Å². The summed E-state index contributed by atoms with van der Waals surface area (Å²) in [5, 5.41) is 4.26. The summed E-state index contributed by atoms with van der Waals surface area (Å²) in [5.74, 6) is 0.0311. The van der Waals surface area contributed by atoms with Gasteiger partial charge in [0.2, 0.25) is 5.91 Å². The van der Waals surface area contributed by atoms with Crippen molar-refractivity contribution in [2.75, 3.05) is 14.1 Å². The highest BCUT2D eigenvalue weighted by Crippen LogP contribution is 2.38. The molecular formula is C18H17N3OS3. The van der Waals surface area contributed by atoms with Crippen molar-refractivity contribution in [3.63, 3.8) is 0 Å². The number of carbonyl (C=O) groups excluding carboxylic acids is 1. The van der Waals surface area contributed by atoms with Crippen molar-refractivity contribution in [2.24, 2.45) is 0 Å². The molecule has 0 bridgehead atoms. The third-order valence-corrected chi connectivity index (χ3v) is 6.07. The van der Waals surface area contributed by atoms with E-state index in [9.17, 15) is 4.79 Å². The van der Waals surface area contributed by atoms with E-state index >= 15 is 0 Å². The van der Waals surface area contributed by atoms with E-state index in [2.05, 4.69) is 5.10 Å². The minimum atomic E-state index is -0.346. The number of hydrogen-bond acceptors (Lipinski definition) is 5. The first-order valence-corrected chi connectivity index (χ1v) is 9.75. The third kappa shape index (κ3) is 4.18. The Morgan fingerprint density at radius 3 is 2.32 bits per heavy atom.